The number of piperidine rings is 1. The Morgan fingerprint density at radius 2 is 1.87 bits per heavy atom. The summed E-state index contributed by atoms with van der Waals surface area (Å²) in [6, 6.07) is 5.39. The minimum atomic E-state index is -4.61. The Labute approximate surface area is 217 Å². The van der Waals surface area contributed by atoms with Crippen molar-refractivity contribution in [2.45, 2.75) is 75.5 Å². The zero-order chi connectivity index (χ0) is 27.5. The van der Waals surface area contributed by atoms with Gasteiger partial charge in [-0.3, -0.25) is 19.2 Å². The fourth-order valence-corrected chi connectivity index (χ4v) is 5.36. The first-order valence-electron chi connectivity index (χ1n) is 12.8. The van der Waals surface area contributed by atoms with Crippen molar-refractivity contribution in [3.63, 3.8) is 0 Å². The molecule has 0 radical (unpaired) electrons. The molecule has 1 aliphatic heterocycles. The number of alkyl halides is 5. The first kappa shape index (κ1) is 28.0. The van der Waals surface area contributed by atoms with Crippen LogP contribution in [0.2, 0.25) is 0 Å². The van der Waals surface area contributed by atoms with Crippen LogP contribution in [0.5, 0.6) is 0 Å². The molecule has 1 atom stereocenters. The largest absolute Gasteiger partial charge is 0.481 e. The molecular formula is C26H31F5N4O3. The number of rotatable bonds is 9. The lowest BCUT2D eigenvalue weighted by atomic mass is 10.0. The van der Waals surface area contributed by atoms with Crippen LogP contribution in [0, 0.1) is 0 Å². The van der Waals surface area contributed by atoms with E-state index in [1.54, 1.807) is 4.90 Å². The maximum Gasteiger partial charge on any atom is 0.417 e. The quantitative estimate of drug-likeness (QED) is 0.416. The molecule has 1 aromatic carbocycles. The molecule has 1 aliphatic carbocycles. The molecule has 1 aromatic heterocycles. The van der Waals surface area contributed by atoms with E-state index in [0.717, 1.165) is 18.9 Å². The van der Waals surface area contributed by atoms with Crippen molar-refractivity contribution in [1.29, 1.82) is 0 Å². The van der Waals surface area contributed by atoms with Crippen LogP contribution in [0.4, 0.5) is 22.0 Å². The van der Waals surface area contributed by atoms with E-state index in [2.05, 4.69) is 10.4 Å². The lowest BCUT2D eigenvalue weighted by Gasteiger charge is -2.33. The number of hydrogen-bond acceptors (Lipinski definition) is 4. The summed E-state index contributed by atoms with van der Waals surface area (Å²) in [5, 5.41) is 16.3. The Bertz CT molecular complexity index is 1140. The molecule has 0 spiro atoms. The number of nitrogens with one attached hydrogen (secondary N) is 1. The number of halogens is 5. The lowest BCUT2D eigenvalue weighted by molar-refractivity contribution is -0.138. The summed E-state index contributed by atoms with van der Waals surface area (Å²) in [7, 11) is 0. The van der Waals surface area contributed by atoms with Gasteiger partial charge in [-0.2, -0.15) is 18.3 Å². The average molecular weight is 543 g/mol. The summed E-state index contributed by atoms with van der Waals surface area (Å²) >= 11 is 0. The van der Waals surface area contributed by atoms with Crippen molar-refractivity contribution in [2.24, 2.45) is 0 Å². The van der Waals surface area contributed by atoms with Gasteiger partial charge in [0.1, 0.15) is 0 Å². The number of carbonyl (C=O) groups is 2. The first-order valence-corrected chi connectivity index (χ1v) is 12.8. The normalized spacial score (nSPS) is 19.4. The smallest absolute Gasteiger partial charge is 0.417 e. The van der Waals surface area contributed by atoms with Crippen molar-refractivity contribution in [3.8, 4) is 11.3 Å². The number of nitrogens with zero attached hydrogens (tertiary/aromatic N) is 3. The van der Waals surface area contributed by atoms with Gasteiger partial charge in [-0.15, -0.1) is 0 Å². The third kappa shape index (κ3) is 6.89. The van der Waals surface area contributed by atoms with E-state index < -0.39 is 48.5 Å². The van der Waals surface area contributed by atoms with Crippen LogP contribution in [-0.2, 0) is 11.0 Å². The number of carboxylic acids is 1. The highest BCUT2D eigenvalue weighted by Crippen LogP contribution is 2.40. The maximum atomic E-state index is 13.8. The van der Waals surface area contributed by atoms with Gasteiger partial charge in [0.25, 0.3) is 11.8 Å². The Morgan fingerprint density at radius 3 is 2.53 bits per heavy atom. The molecule has 2 heterocycles. The van der Waals surface area contributed by atoms with Crippen LogP contribution in [-0.4, -0.2) is 63.3 Å². The molecule has 1 saturated carbocycles. The van der Waals surface area contributed by atoms with Gasteiger partial charge in [0.15, 0.2) is 5.69 Å². The molecular weight excluding hydrogens is 511 g/mol. The lowest BCUT2D eigenvalue weighted by Crippen LogP contribution is -2.45. The molecule has 1 amide bonds. The minimum absolute atomic E-state index is 0.0911. The number of aromatic nitrogens is 2. The molecule has 2 aromatic rings. The van der Waals surface area contributed by atoms with Gasteiger partial charge in [-0.25, -0.2) is 8.78 Å². The molecule has 1 saturated heterocycles. The summed E-state index contributed by atoms with van der Waals surface area (Å²) in [5.41, 5.74) is -0.885. The van der Waals surface area contributed by atoms with Crippen molar-refractivity contribution in [3.05, 3.63) is 41.6 Å². The van der Waals surface area contributed by atoms with Gasteiger partial charge in [-0.1, -0.05) is 31.0 Å². The Kier molecular flexibility index (Phi) is 8.39. The standard InChI is InChI=1S/C26H31F5N4O3/c27-25(28)11-5-12-34(16-25)13-10-17(14-23(36)37)32-24(38)21-15-22(35(33-21)18-6-1-2-7-18)19-8-3-4-9-20(19)26(29,30)31/h3-4,8-9,15,17-18H,1-2,5-7,10-14,16H2,(H,32,38)(H,36,37)/t17-/m0/s1. The molecule has 2 aliphatic rings. The summed E-state index contributed by atoms with van der Waals surface area (Å²) in [4.78, 5) is 26.1. The van der Waals surface area contributed by atoms with Gasteiger partial charge < -0.3 is 10.4 Å². The highest BCUT2D eigenvalue weighted by atomic mass is 19.4. The summed E-state index contributed by atoms with van der Waals surface area (Å²) < 4.78 is 70.3. The summed E-state index contributed by atoms with van der Waals surface area (Å²) in [6.07, 6.45) is -1.57. The van der Waals surface area contributed by atoms with Gasteiger partial charge >= 0.3 is 12.1 Å². The average Bonchev–Trinajstić information content (AvgIpc) is 3.51. The molecule has 38 heavy (non-hydrogen) atoms. The van der Waals surface area contributed by atoms with Crippen LogP contribution in [0.3, 0.4) is 0 Å². The van der Waals surface area contributed by atoms with E-state index in [-0.39, 0.29) is 42.4 Å². The predicted molar refractivity (Wildman–Crippen MR) is 129 cm³/mol. The van der Waals surface area contributed by atoms with Gasteiger partial charge in [0.05, 0.1) is 30.3 Å². The SMILES string of the molecule is O=C(O)C[C@H](CCN1CCCC(F)(F)C1)NC(=O)c1cc(-c2ccccc2C(F)(F)F)n(C2CCCC2)n1. The van der Waals surface area contributed by atoms with Crippen molar-refractivity contribution >= 4 is 11.9 Å². The number of aliphatic carboxylic acids is 1. The highest BCUT2D eigenvalue weighted by Gasteiger charge is 2.36. The predicted octanol–water partition coefficient (Wildman–Crippen LogP) is 5.38. The Balaban J connectivity index is 1.57. The summed E-state index contributed by atoms with van der Waals surface area (Å²) in [6.45, 7) is 0.208. The third-order valence-corrected chi connectivity index (χ3v) is 7.17. The van der Waals surface area contributed by atoms with Gasteiger partial charge in [0, 0.05) is 24.6 Å². The topological polar surface area (TPSA) is 87.5 Å². The van der Waals surface area contributed by atoms with Crippen LogP contribution in [0.1, 0.15) is 73.5 Å². The van der Waals surface area contributed by atoms with E-state index in [1.165, 1.54) is 28.9 Å². The second-order valence-corrected chi connectivity index (χ2v) is 10.1. The minimum Gasteiger partial charge on any atom is -0.481 e. The van der Waals surface area contributed by atoms with E-state index >= 15 is 0 Å². The molecule has 0 bridgehead atoms. The van der Waals surface area contributed by atoms with Crippen molar-refractivity contribution in [2.75, 3.05) is 19.6 Å². The molecule has 12 heteroatoms. The van der Waals surface area contributed by atoms with Crippen molar-refractivity contribution in [1.82, 2.24) is 20.0 Å². The van der Waals surface area contributed by atoms with Crippen LogP contribution < -0.4 is 5.32 Å². The van der Waals surface area contributed by atoms with Crippen LogP contribution in [0.25, 0.3) is 11.3 Å². The Morgan fingerprint density at radius 1 is 1.16 bits per heavy atom. The molecule has 208 valence electrons. The second kappa shape index (κ2) is 11.4. The fourth-order valence-electron chi connectivity index (χ4n) is 5.36. The molecule has 2 fully saturated rings. The second-order valence-electron chi connectivity index (χ2n) is 10.1. The zero-order valence-corrected chi connectivity index (χ0v) is 20.8. The number of carbonyl (C=O) groups excluding carboxylic acids is 1. The first-order chi connectivity index (χ1) is 17.9. The van der Waals surface area contributed by atoms with Crippen LogP contribution >= 0.6 is 0 Å². The fraction of sp³-hybridized carbons (Fsp3) is 0.577. The van der Waals surface area contributed by atoms with E-state index in [9.17, 15) is 36.6 Å². The van der Waals surface area contributed by atoms with Crippen LogP contribution in [0.15, 0.2) is 30.3 Å². The molecule has 2 N–H and O–H groups in total. The van der Waals surface area contributed by atoms with E-state index in [1.807, 2.05) is 0 Å². The molecule has 7 nitrogen and oxygen atoms in total. The van der Waals surface area contributed by atoms with E-state index in [0.29, 0.717) is 25.8 Å². The van der Waals surface area contributed by atoms with Gasteiger partial charge in [0.2, 0.25) is 0 Å². The maximum absolute atomic E-state index is 13.8. The number of benzene rings is 1. The Hall–Kier alpha value is -3.02. The number of likely N-dealkylation sites (tertiary alicyclic amines) is 1. The molecule has 0 unspecified atom stereocenters. The monoisotopic (exact) mass is 542 g/mol. The highest BCUT2D eigenvalue weighted by molar-refractivity contribution is 5.94. The summed E-state index contributed by atoms with van der Waals surface area (Å²) in [5.74, 6) is -4.70. The molecule has 4 rings (SSSR count). The number of hydrogen-bond donors (Lipinski definition) is 2. The van der Waals surface area contributed by atoms with Gasteiger partial charge in [-0.05, 0) is 44.4 Å². The third-order valence-electron chi connectivity index (χ3n) is 7.17. The number of amides is 1. The zero-order valence-electron chi connectivity index (χ0n) is 20.8. The van der Waals surface area contributed by atoms with E-state index in [4.69, 9.17) is 0 Å². The number of carboxylic acid groups (broad SMARTS) is 1. The van der Waals surface area contributed by atoms with Crippen molar-refractivity contribution < 1.29 is 36.6 Å².